The van der Waals surface area contributed by atoms with Gasteiger partial charge in [0, 0.05) is 39.2 Å². The number of carbonyl (C=O) groups excluding carboxylic acids is 1. The number of fused-ring (bicyclic) bond motifs is 1. The maximum absolute atomic E-state index is 13.0. The van der Waals surface area contributed by atoms with E-state index < -0.39 is 0 Å². The van der Waals surface area contributed by atoms with E-state index in [2.05, 4.69) is 9.80 Å². The number of aryl methyl sites for hydroxylation is 1. The Morgan fingerprint density at radius 1 is 1.35 bits per heavy atom. The maximum Gasteiger partial charge on any atom is 0.257 e. The SMILES string of the molecule is CO[C@@H]1CCN(C(=O)c2ccoc2C)[C@@H]2CN(CC3CC3)C[C@@H]21. The first-order valence-corrected chi connectivity index (χ1v) is 8.77. The molecule has 4 rings (SSSR count). The van der Waals surface area contributed by atoms with E-state index in [0.29, 0.717) is 17.2 Å². The number of ether oxygens (including phenoxy) is 1. The summed E-state index contributed by atoms with van der Waals surface area (Å²) in [5.74, 6) is 2.15. The zero-order valence-corrected chi connectivity index (χ0v) is 14.0. The van der Waals surface area contributed by atoms with Crippen LogP contribution < -0.4 is 0 Å². The summed E-state index contributed by atoms with van der Waals surface area (Å²) in [6.07, 6.45) is 5.55. The van der Waals surface area contributed by atoms with Gasteiger partial charge in [0.05, 0.1) is 24.0 Å². The van der Waals surface area contributed by atoms with Crippen LogP contribution in [0.2, 0.25) is 0 Å². The first kappa shape index (κ1) is 15.2. The highest BCUT2D eigenvalue weighted by atomic mass is 16.5. The molecule has 2 aliphatic heterocycles. The summed E-state index contributed by atoms with van der Waals surface area (Å²) in [6, 6.07) is 2.07. The van der Waals surface area contributed by atoms with E-state index in [0.717, 1.165) is 32.0 Å². The molecule has 0 aromatic carbocycles. The number of piperidine rings is 1. The van der Waals surface area contributed by atoms with Gasteiger partial charge in [-0.25, -0.2) is 0 Å². The summed E-state index contributed by atoms with van der Waals surface area (Å²) in [7, 11) is 1.81. The number of furan rings is 1. The highest BCUT2D eigenvalue weighted by Gasteiger charge is 2.47. The maximum atomic E-state index is 13.0. The quantitative estimate of drug-likeness (QED) is 0.853. The zero-order chi connectivity index (χ0) is 16.0. The molecule has 0 unspecified atom stereocenters. The molecular formula is C18H26N2O3. The van der Waals surface area contributed by atoms with Crippen molar-refractivity contribution in [3.05, 3.63) is 23.7 Å². The van der Waals surface area contributed by atoms with Gasteiger partial charge in [-0.15, -0.1) is 0 Å². The second kappa shape index (κ2) is 5.95. The van der Waals surface area contributed by atoms with Gasteiger partial charge in [-0.3, -0.25) is 4.79 Å². The van der Waals surface area contributed by atoms with E-state index in [9.17, 15) is 4.79 Å². The third-order valence-corrected chi connectivity index (χ3v) is 5.81. The van der Waals surface area contributed by atoms with Crippen LogP contribution in [-0.2, 0) is 4.74 Å². The lowest BCUT2D eigenvalue weighted by Gasteiger charge is -2.41. The van der Waals surface area contributed by atoms with Gasteiger partial charge in [-0.2, -0.15) is 0 Å². The Labute approximate surface area is 137 Å². The second-order valence-electron chi connectivity index (χ2n) is 7.34. The molecule has 0 bridgehead atoms. The molecule has 1 saturated carbocycles. The second-order valence-corrected chi connectivity index (χ2v) is 7.34. The van der Waals surface area contributed by atoms with Gasteiger partial charge in [0.2, 0.25) is 0 Å². The molecule has 2 saturated heterocycles. The number of carbonyl (C=O) groups is 1. The molecule has 0 N–H and O–H groups in total. The molecular weight excluding hydrogens is 292 g/mol. The van der Waals surface area contributed by atoms with Crippen molar-refractivity contribution in [3.8, 4) is 0 Å². The van der Waals surface area contributed by atoms with Crippen LogP contribution in [0.15, 0.2) is 16.7 Å². The Balaban J connectivity index is 1.53. The summed E-state index contributed by atoms with van der Waals surface area (Å²) in [5.41, 5.74) is 0.709. The molecule has 1 aromatic rings. The summed E-state index contributed by atoms with van der Waals surface area (Å²) >= 11 is 0. The van der Waals surface area contributed by atoms with Gasteiger partial charge in [0.25, 0.3) is 5.91 Å². The van der Waals surface area contributed by atoms with Crippen molar-refractivity contribution in [3.63, 3.8) is 0 Å². The number of hydrogen-bond acceptors (Lipinski definition) is 4. The first-order chi connectivity index (χ1) is 11.2. The monoisotopic (exact) mass is 318 g/mol. The molecule has 3 aliphatic rings. The molecule has 5 heteroatoms. The molecule has 23 heavy (non-hydrogen) atoms. The number of hydrogen-bond donors (Lipinski definition) is 0. The smallest absolute Gasteiger partial charge is 0.257 e. The van der Waals surface area contributed by atoms with E-state index in [1.165, 1.54) is 19.4 Å². The van der Waals surface area contributed by atoms with Crippen molar-refractivity contribution in [2.45, 2.75) is 38.3 Å². The molecule has 0 spiro atoms. The van der Waals surface area contributed by atoms with Gasteiger partial charge < -0.3 is 19.0 Å². The minimum atomic E-state index is 0.120. The highest BCUT2D eigenvalue weighted by Crippen LogP contribution is 2.37. The largest absolute Gasteiger partial charge is 0.469 e. The fourth-order valence-corrected chi connectivity index (χ4v) is 4.36. The third kappa shape index (κ3) is 2.81. The van der Waals surface area contributed by atoms with Gasteiger partial charge >= 0.3 is 0 Å². The van der Waals surface area contributed by atoms with E-state index >= 15 is 0 Å². The molecule has 5 nitrogen and oxygen atoms in total. The van der Waals surface area contributed by atoms with Crippen LogP contribution in [0, 0.1) is 18.8 Å². The van der Waals surface area contributed by atoms with Crippen LogP contribution in [0.25, 0.3) is 0 Å². The van der Waals surface area contributed by atoms with E-state index in [1.807, 2.05) is 14.0 Å². The number of nitrogens with zero attached hydrogens (tertiary/aromatic N) is 2. The summed E-state index contributed by atoms with van der Waals surface area (Å²) in [4.78, 5) is 17.6. The molecule has 1 aliphatic carbocycles. The van der Waals surface area contributed by atoms with Crippen LogP contribution in [-0.4, -0.2) is 61.1 Å². The van der Waals surface area contributed by atoms with Crippen LogP contribution in [0.4, 0.5) is 0 Å². The minimum absolute atomic E-state index is 0.120. The summed E-state index contributed by atoms with van der Waals surface area (Å²) < 4.78 is 11.1. The Bertz CT molecular complexity index is 581. The van der Waals surface area contributed by atoms with Gasteiger partial charge in [-0.05, 0) is 38.2 Å². The van der Waals surface area contributed by atoms with Crippen LogP contribution in [0.3, 0.4) is 0 Å². The predicted molar refractivity (Wildman–Crippen MR) is 86.3 cm³/mol. The van der Waals surface area contributed by atoms with Crippen LogP contribution in [0.5, 0.6) is 0 Å². The van der Waals surface area contributed by atoms with Crippen molar-refractivity contribution < 1.29 is 13.9 Å². The van der Waals surface area contributed by atoms with Crippen molar-refractivity contribution in [1.29, 1.82) is 0 Å². The third-order valence-electron chi connectivity index (χ3n) is 5.81. The predicted octanol–water partition coefficient (Wildman–Crippen LogP) is 2.16. The fourth-order valence-electron chi connectivity index (χ4n) is 4.36. The molecule has 3 fully saturated rings. The molecule has 126 valence electrons. The van der Waals surface area contributed by atoms with Crippen LogP contribution in [0.1, 0.15) is 35.4 Å². The van der Waals surface area contributed by atoms with Crippen molar-refractivity contribution >= 4 is 5.91 Å². The van der Waals surface area contributed by atoms with Crippen LogP contribution >= 0.6 is 0 Å². The molecule has 1 amide bonds. The standard InChI is InChI=1S/C18H26N2O3/c1-12-14(6-8-23-12)18(21)20-7-5-17(22-2)15-10-19(11-16(15)20)9-13-3-4-13/h6,8,13,15-17H,3-5,7,9-11H2,1-2H3/t15-,16+,17+/m0/s1. The zero-order valence-electron chi connectivity index (χ0n) is 14.0. The number of methoxy groups -OCH3 is 1. The fraction of sp³-hybridized carbons (Fsp3) is 0.722. The van der Waals surface area contributed by atoms with Gasteiger partial charge in [-0.1, -0.05) is 0 Å². The topological polar surface area (TPSA) is 45.9 Å². The molecule has 3 heterocycles. The van der Waals surface area contributed by atoms with E-state index in [1.54, 1.807) is 12.3 Å². The first-order valence-electron chi connectivity index (χ1n) is 8.77. The molecule has 3 atom stereocenters. The van der Waals surface area contributed by atoms with Gasteiger partial charge in [0.15, 0.2) is 0 Å². The Hall–Kier alpha value is -1.33. The average Bonchev–Trinajstić information content (AvgIpc) is 3.08. The van der Waals surface area contributed by atoms with E-state index in [-0.39, 0.29) is 18.1 Å². The minimum Gasteiger partial charge on any atom is -0.469 e. The van der Waals surface area contributed by atoms with E-state index in [4.69, 9.17) is 9.15 Å². The number of amides is 1. The van der Waals surface area contributed by atoms with Crippen molar-refractivity contribution in [2.75, 3.05) is 33.3 Å². The Morgan fingerprint density at radius 2 is 2.17 bits per heavy atom. The molecule has 0 radical (unpaired) electrons. The highest BCUT2D eigenvalue weighted by molar-refractivity contribution is 5.95. The Kier molecular flexibility index (Phi) is 3.93. The summed E-state index contributed by atoms with van der Waals surface area (Å²) in [6.45, 7) is 5.88. The number of rotatable bonds is 4. The lowest BCUT2D eigenvalue weighted by molar-refractivity contribution is -0.0157. The lowest BCUT2D eigenvalue weighted by Crippen LogP contribution is -2.53. The molecule has 1 aromatic heterocycles. The average molecular weight is 318 g/mol. The van der Waals surface area contributed by atoms with Gasteiger partial charge in [0.1, 0.15) is 5.76 Å². The Morgan fingerprint density at radius 3 is 2.83 bits per heavy atom. The summed E-state index contributed by atoms with van der Waals surface area (Å²) in [5, 5.41) is 0. The normalized spacial score (nSPS) is 31.4. The number of likely N-dealkylation sites (tertiary alicyclic amines) is 2. The van der Waals surface area contributed by atoms with Crippen molar-refractivity contribution in [1.82, 2.24) is 9.80 Å². The lowest BCUT2D eigenvalue weighted by atomic mass is 9.88. The van der Waals surface area contributed by atoms with Crippen molar-refractivity contribution in [2.24, 2.45) is 11.8 Å².